The summed E-state index contributed by atoms with van der Waals surface area (Å²) in [5.41, 5.74) is 1.51. The first-order valence-corrected chi connectivity index (χ1v) is 12.2. The second kappa shape index (κ2) is 9.43. The van der Waals surface area contributed by atoms with Gasteiger partial charge in [0, 0.05) is 55.9 Å². The van der Waals surface area contributed by atoms with Crippen LogP contribution >= 0.6 is 23.2 Å². The van der Waals surface area contributed by atoms with Gasteiger partial charge in [-0.3, -0.25) is 9.59 Å². The Hall–Kier alpha value is -2.84. The number of carbonyl (C=O) groups excluding carboxylic acids is 1. The molecule has 1 amide bonds. The Morgan fingerprint density at radius 3 is 2.62 bits per heavy atom. The number of fused-ring (bicyclic) bond motifs is 1. The Bertz CT molecular complexity index is 1230. The minimum absolute atomic E-state index is 0.0169. The summed E-state index contributed by atoms with van der Waals surface area (Å²) < 4.78 is 1.92. The van der Waals surface area contributed by atoms with Gasteiger partial charge in [-0.1, -0.05) is 23.2 Å². The molecule has 0 radical (unpaired) electrons. The molecule has 2 aliphatic rings. The number of piperidine rings is 1. The number of aliphatic carboxylic acids is 1. The number of carboxylic acid groups (broad SMARTS) is 1. The summed E-state index contributed by atoms with van der Waals surface area (Å²) in [6.45, 7) is 1.78. The average molecular weight is 502 g/mol. The number of rotatable bonds is 5. The van der Waals surface area contributed by atoms with Gasteiger partial charge in [0.1, 0.15) is 5.82 Å². The maximum absolute atomic E-state index is 13.1. The van der Waals surface area contributed by atoms with Crippen molar-refractivity contribution in [2.75, 3.05) is 24.5 Å². The topological polar surface area (TPSA) is 91.6 Å². The number of halogens is 2. The number of aromatic nitrogens is 3. The number of anilines is 1. The second-order valence-corrected chi connectivity index (χ2v) is 9.70. The van der Waals surface area contributed by atoms with E-state index >= 15 is 0 Å². The zero-order valence-electron chi connectivity index (χ0n) is 18.5. The molecule has 1 aromatic carbocycles. The lowest BCUT2D eigenvalue weighted by Gasteiger charge is -2.32. The zero-order valence-corrected chi connectivity index (χ0v) is 20.0. The highest BCUT2D eigenvalue weighted by Gasteiger charge is 2.32. The van der Waals surface area contributed by atoms with Crippen molar-refractivity contribution in [3.63, 3.8) is 0 Å². The van der Waals surface area contributed by atoms with Crippen LogP contribution in [0.25, 0.3) is 16.6 Å². The number of carboxylic acids is 1. The van der Waals surface area contributed by atoms with Crippen LogP contribution in [0.3, 0.4) is 0 Å². The maximum Gasteiger partial charge on any atom is 0.306 e. The first kappa shape index (κ1) is 22.9. The van der Waals surface area contributed by atoms with E-state index in [1.54, 1.807) is 23.5 Å². The molecule has 10 heteroatoms. The molecule has 1 atom stereocenters. The van der Waals surface area contributed by atoms with E-state index in [0.29, 0.717) is 47.9 Å². The summed E-state index contributed by atoms with van der Waals surface area (Å²) in [7, 11) is 0. The fourth-order valence-corrected chi connectivity index (χ4v) is 5.38. The molecule has 4 heterocycles. The minimum atomic E-state index is -0.774. The van der Waals surface area contributed by atoms with Crippen LogP contribution in [0.2, 0.25) is 10.0 Å². The number of hydrogen-bond acceptors (Lipinski definition) is 5. The van der Waals surface area contributed by atoms with Crippen LogP contribution in [0, 0.1) is 5.92 Å². The molecular weight excluding hydrogens is 477 g/mol. The van der Waals surface area contributed by atoms with Gasteiger partial charge in [0.05, 0.1) is 33.5 Å². The van der Waals surface area contributed by atoms with E-state index in [4.69, 9.17) is 28.2 Å². The molecule has 2 aromatic heterocycles. The second-order valence-electron chi connectivity index (χ2n) is 8.91. The highest BCUT2D eigenvalue weighted by molar-refractivity contribution is 6.45. The van der Waals surface area contributed by atoms with Crippen molar-refractivity contribution in [2.45, 2.75) is 38.1 Å². The molecule has 2 fully saturated rings. The number of pyridine rings is 1. The third kappa shape index (κ3) is 4.32. The molecule has 178 valence electrons. The standard InChI is InChI=1S/C24H25Cl2N5O3/c25-18-4-3-17-19(30-11-7-27-14-30)13-20(28-23(17)22(18)26)31-8-1-2-16(31)12-21(32)29-9-5-15(6-10-29)24(33)34/h3-4,7,11,13-16H,1-2,5-6,8-10,12H2,(H,33,34)/t16-/m0/s1. The maximum atomic E-state index is 13.1. The molecule has 0 aliphatic carbocycles. The molecular formula is C24H25Cl2N5O3. The summed E-state index contributed by atoms with van der Waals surface area (Å²) in [5, 5.41) is 10.9. The van der Waals surface area contributed by atoms with E-state index in [1.807, 2.05) is 22.9 Å². The van der Waals surface area contributed by atoms with E-state index in [9.17, 15) is 14.7 Å². The summed E-state index contributed by atoms with van der Waals surface area (Å²) in [5.74, 6) is -0.311. The van der Waals surface area contributed by atoms with Gasteiger partial charge in [0.15, 0.2) is 0 Å². The molecule has 8 nitrogen and oxygen atoms in total. The number of likely N-dealkylation sites (tertiary alicyclic amines) is 1. The lowest BCUT2D eigenvalue weighted by Crippen LogP contribution is -2.43. The van der Waals surface area contributed by atoms with Crippen molar-refractivity contribution in [1.82, 2.24) is 19.4 Å². The van der Waals surface area contributed by atoms with Crippen LogP contribution in [-0.4, -0.2) is 62.1 Å². The van der Waals surface area contributed by atoms with Crippen molar-refractivity contribution in [3.05, 3.63) is 47.0 Å². The van der Waals surface area contributed by atoms with Crippen LogP contribution in [0.1, 0.15) is 32.1 Å². The predicted molar refractivity (Wildman–Crippen MR) is 131 cm³/mol. The first-order valence-electron chi connectivity index (χ1n) is 11.5. The molecule has 0 spiro atoms. The number of nitrogens with zero attached hydrogens (tertiary/aromatic N) is 5. The first-order chi connectivity index (χ1) is 16.4. The van der Waals surface area contributed by atoms with Gasteiger partial charge >= 0.3 is 5.97 Å². The smallest absolute Gasteiger partial charge is 0.306 e. The Balaban J connectivity index is 1.42. The molecule has 5 rings (SSSR count). The van der Waals surface area contributed by atoms with Gasteiger partial charge in [-0.2, -0.15) is 0 Å². The monoisotopic (exact) mass is 501 g/mol. The number of imidazole rings is 1. The quantitative estimate of drug-likeness (QED) is 0.556. The molecule has 0 unspecified atom stereocenters. The number of hydrogen-bond donors (Lipinski definition) is 1. The third-order valence-corrected chi connectivity index (χ3v) is 7.69. The van der Waals surface area contributed by atoms with Crippen LogP contribution in [0.15, 0.2) is 36.9 Å². The Labute approximate surface area is 207 Å². The molecule has 0 saturated carbocycles. The van der Waals surface area contributed by atoms with E-state index in [-0.39, 0.29) is 17.9 Å². The van der Waals surface area contributed by atoms with Crippen molar-refractivity contribution in [3.8, 4) is 5.69 Å². The molecule has 2 aliphatic heterocycles. The molecule has 2 saturated heterocycles. The largest absolute Gasteiger partial charge is 0.481 e. The summed E-state index contributed by atoms with van der Waals surface area (Å²) in [4.78, 5) is 37.3. The fraction of sp³-hybridized carbons (Fsp3) is 0.417. The van der Waals surface area contributed by atoms with Crippen LogP contribution in [0.5, 0.6) is 0 Å². The van der Waals surface area contributed by atoms with E-state index in [0.717, 1.165) is 36.3 Å². The Morgan fingerprint density at radius 2 is 1.91 bits per heavy atom. The zero-order chi connectivity index (χ0) is 23.8. The molecule has 3 aromatic rings. The van der Waals surface area contributed by atoms with E-state index in [2.05, 4.69) is 9.88 Å². The van der Waals surface area contributed by atoms with Crippen molar-refractivity contribution < 1.29 is 14.7 Å². The van der Waals surface area contributed by atoms with Crippen molar-refractivity contribution in [1.29, 1.82) is 0 Å². The Kier molecular flexibility index (Phi) is 6.36. The lowest BCUT2D eigenvalue weighted by atomic mass is 9.96. The van der Waals surface area contributed by atoms with Crippen molar-refractivity contribution in [2.24, 2.45) is 5.92 Å². The van der Waals surface area contributed by atoms with Gasteiger partial charge < -0.3 is 19.5 Å². The lowest BCUT2D eigenvalue weighted by molar-refractivity contribution is -0.145. The van der Waals surface area contributed by atoms with Gasteiger partial charge in [0.25, 0.3) is 0 Å². The highest BCUT2D eigenvalue weighted by atomic mass is 35.5. The minimum Gasteiger partial charge on any atom is -0.481 e. The van der Waals surface area contributed by atoms with Crippen molar-refractivity contribution >= 4 is 51.8 Å². The number of benzene rings is 1. The summed E-state index contributed by atoms with van der Waals surface area (Å²) >= 11 is 12.9. The Morgan fingerprint density at radius 1 is 1.12 bits per heavy atom. The summed E-state index contributed by atoms with van der Waals surface area (Å²) in [6, 6.07) is 5.69. The van der Waals surface area contributed by atoms with Crippen LogP contribution < -0.4 is 4.90 Å². The van der Waals surface area contributed by atoms with Crippen LogP contribution in [-0.2, 0) is 9.59 Å². The SMILES string of the molecule is O=C(O)C1CCN(C(=O)C[C@@H]2CCCN2c2cc(-n3ccnc3)c3ccc(Cl)c(Cl)c3n2)CC1. The predicted octanol–water partition coefficient (Wildman–Crippen LogP) is 4.41. The molecule has 34 heavy (non-hydrogen) atoms. The normalized spacial score (nSPS) is 19.2. The van der Waals surface area contributed by atoms with Gasteiger partial charge in [-0.15, -0.1) is 0 Å². The van der Waals surface area contributed by atoms with Crippen LogP contribution in [0.4, 0.5) is 5.82 Å². The molecule has 1 N–H and O–H groups in total. The average Bonchev–Trinajstić information content (AvgIpc) is 3.53. The fourth-order valence-electron chi connectivity index (χ4n) is 5.02. The summed E-state index contributed by atoms with van der Waals surface area (Å²) in [6.07, 6.45) is 8.56. The van der Waals surface area contributed by atoms with E-state index in [1.165, 1.54) is 0 Å². The van der Waals surface area contributed by atoms with Gasteiger partial charge in [-0.25, -0.2) is 9.97 Å². The van der Waals surface area contributed by atoms with E-state index < -0.39 is 5.97 Å². The number of carbonyl (C=O) groups is 2. The number of amides is 1. The highest BCUT2D eigenvalue weighted by Crippen LogP contribution is 2.36. The van der Waals surface area contributed by atoms with Gasteiger partial charge in [0.2, 0.25) is 5.91 Å². The third-order valence-electron chi connectivity index (χ3n) is 6.90. The van der Waals surface area contributed by atoms with Gasteiger partial charge in [-0.05, 0) is 37.8 Å². The molecule has 0 bridgehead atoms.